The van der Waals surface area contributed by atoms with Gasteiger partial charge in [-0.3, -0.25) is 4.79 Å². The molecule has 1 aliphatic rings. The van der Waals surface area contributed by atoms with Gasteiger partial charge >= 0.3 is 0 Å². The fourth-order valence-corrected chi connectivity index (χ4v) is 3.34. The Labute approximate surface area is 148 Å². The number of carbonyl (C=O) groups is 1. The predicted octanol–water partition coefficient (Wildman–Crippen LogP) is 3.86. The molecule has 0 heterocycles. The lowest BCUT2D eigenvalue weighted by molar-refractivity contribution is -0.126. The molecule has 0 N–H and O–H groups in total. The normalized spacial score (nSPS) is 15.9. The molecule has 130 valence electrons. The molecule has 4 heteroatoms. The minimum absolute atomic E-state index is 0.0217. The molecule has 0 bridgehead atoms. The first-order valence-electron chi connectivity index (χ1n) is 8.38. The minimum atomic E-state index is -0.0217. The lowest BCUT2D eigenvalue weighted by atomic mass is 10.1. The van der Waals surface area contributed by atoms with Crippen LogP contribution < -0.4 is 9.47 Å². The number of fused-ring (bicyclic) bond motifs is 1. The van der Waals surface area contributed by atoms with Gasteiger partial charge in [-0.05, 0) is 48.2 Å². The highest BCUT2D eigenvalue weighted by Gasteiger charge is 2.27. The van der Waals surface area contributed by atoms with E-state index in [0.29, 0.717) is 5.75 Å². The van der Waals surface area contributed by atoms with Gasteiger partial charge in [-0.1, -0.05) is 24.3 Å². The summed E-state index contributed by atoms with van der Waals surface area (Å²) >= 11 is 0. The van der Waals surface area contributed by atoms with Crippen LogP contribution in [0.25, 0.3) is 6.08 Å². The molecule has 4 nitrogen and oxygen atoms in total. The van der Waals surface area contributed by atoms with E-state index in [0.717, 1.165) is 24.2 Å². The van der Waals surface area contributed by atoms with Gasteiger partial charge < -0.3 is 14.4 Å². The Morgan fingerprint density at radius 3 is 2.72 bits per heavy atom. The average Bonchev–Trinajstić information content (AvgIpc) is 3.09. The Morgan fingerprint density at radius 2 is 1.96 bits per heavy atom. The van der Waals surface area contributed by atoms with Crippen LogP contribution in [-0.2, 0) is 11.2 Å². The van der Waals surface area contributed by atoms with Crippen LogP contribution in [0.4, 0.5) is 0 Å². The highest BCUT2D eigenvalue weighted by Crippen LogP contribution is 2.35. The summed E-state index contributed by atoms with van der Waals surface area (Å²) in [6.45, 7) is 0. The molecule has 0 saturated heterocycles. The molecule has 0 spiro atoms. The highest BCUT2D eigenvalue weighted by molar-refractivity contribution is 5.92. The molecular weight excluding hydrogens is 314 g/mol. The number of amides is 1. The summed E-state index contributed by atoms with van der Waals surface area (Å²) in [5, 5.41) is 0. The molecule has 0 fully saturated rings. The molecular formula is C21H23NO3. The van der Waals surface area contributed by atoms with Gasteiger partial charge in [0.15, 0.2) is 0 Å². The van der Waals surface area contributed by atoms with E-state index in [1.165, 1.54) is 11.1 Å². The van der Waals surface area contributed by atoms with Crippen LogP contribution in [0.15, 0.2) is 48.5 Å². The third-order valence-corrected chi connectivity index (χ3v) is 4.76. The van der Waals surface area contributed by atoms with Gasteiger partial charge in [0.05, 0.1) is 20.3 Å². The van der Waals surface area contributed by atoms with E-state index < -0.39 is 0 Å². The van der Waals surface area contributed by atoms with Crippen molar-refractivity contribution in [2.45, 2.75) is 18.9 Å². The second kappa shape index (κ2) is 7.43. The van der Waals surface area contributed by atoms with Crippen LogP contribution in [0, 0.1) is 0 Å². The number of ether oxygens (including phenoxy) is 2. The van der Waals surface area contributed by atoms with Crippen LogP contribution >= 0.6 is 0 Å². The summed E-state index contributed by atoms with van der Waals surface area (Å²) in [5.74, 6) is 1.41. The van der Waals surface area contributed by atoms with Crippen molar-refractivity contribution in [3.8, 4) is 11.5 Å². The van der Waals surface area contributed by atoms with Crippen molar-refractivity contribution in [2.24, 2.45) is 0 Å². The summed E-state index contributed by atoms with van der Waals surface area (Å²) in [6, 6.07) is 14.0. The van der Waals surface area contributed by atoms with Gasteiger partial charge in [0.1, 0.15) is 11.5 Å². The maximum absolute atomic E-state index is 12.6. The summed E-state index contributed by atoms with van der Waals surface area (Å²) in [5.41, 5.74) is 3.41. The highest BCUT2D eigenvalue weighted by atomic mass is 16.5. The van der Waals surface area contributed by atoms with Crippen LogP contribution in [0.5, 0.6) is 11.5 Å². The number of hydrogen-bond donors (Lipinski definition) is 0. The molecule has 1 amide bonds. The predicted molar refractivity (Wildman–Crippen MR) is 98.9 cm³/mol. The number of carbonyl (C=O) groups excluding carboxylic acids is 1. The minimum Gasteiger partial charge on any atom is -0.497 e. The largest absolute Gasteiger partial charge is 0.497 e. The first-order chi connectivity index (χ1) is 12.1. The molecule has 0 aliphatic heterocycles. The Bertz CT molecular complexity index is 797. The topological polar surface area (TPSA) is 38.8 Å². The lowest BCUT2D eigenvalue weighted by Crippen LogP contribution is -2.28. The Morgan fingerprint density at radius 1 is 1.16 bits per heavy atom. The van der Waals surface area contributed by atoms with Crippen LogP contribution in [0.3, 0.4) is 0 Å². The smallest absolute Gasteiger partial charge is 0.246 e. The zero-order valence-electron chi connectivity index (χ0n) is 14.9. The van der Waals surface area contributed by atoms with Crippen molar-refractivity contribution >= 4 is 12.0 Å². The van der Waals surface area contributed by atoms with Gasteiger partial charge in [-0.15, -0.1) is 0 Å². The van der Waals surface area contributed by atoms with E-state index in [9.17, 15) is 4.79 Å². The molecule has 2 aromatic carbocycles. The van der Waals surface area contributed by atoms with Crippen molar-refractivity contribution in [2.75, 3.05) is 21.3 Å². The molecule has 0 radical (unpaired) electrons. The Balaban J connectivity index is 1.77. The van der Waals surface area contributed by atoms with Crippen LogP contribution in [0.2, 0.25) is 0 Å². The van der Waals surface area contributed by atoms with Crippen molar-refractivity contribution in [1.82, 2.24) is 4.90 Å². The molecule has 0 aromatic heterocycles. The maximum atomic E-state index is 12.6. The standard InChI is InChI=1S/C21H23NO3/c1-22(19-11-8-15-6-4-5-7-18(15)19)21(23)13-9-16-14-17(24-2)10-12-20(16)25-3/h4-7,9-10,12-14,19H,8,11H2,1-3H3/b13-9+. The number of hydrogen-bond acceptors (Lipinski definition) is 3. The van der Waals surface area contributed by atoms with E-state index in [-0.39, 0.29) is 11.9 Å². The number of methoxy groups -OCH3 is 2. The quantitative estimate of drug-likeness (QED) is 0.778. The first-order valence-corrected chi connectivity index (χ1v) is 8.38. The molecule has 0 saturated carbocycles. The summed E-state index contributed by atoms with van der Waals surface area (Å²) in [7, 11) is 5.09. The number of rotatable bonds is 5. The molecule has 1 atom stereocenters. The first kappa shape index (κ1) is 17.1. The van der Waals surface area contributed by atoms with Gasteiger partial charge in [-0.25, -0.2) is 0 Å². The third kappa shape index (κ3) is 3.53. The second-order valence-electron chi connectivity index (χ2n) is 6.14. The number of benzene rings is 2. The van der Waals surface area contributed by atoms with Crippen LogP contribution in [0.1, 0.15) is 29.2 Å². The summed E-state index contributed by atoms with van der Waals surface area (Å²) in [6.07, 6.45) is 5.36. The Hall–Kier alpha value is -2.75. The molecule has 1 unspecified atom stereocenters. The van der Waals surface area contributed by atoms with E-state index in [4.69, 9.17) is 9.47 Å². The zero-order valence-corrected chi connectivity index (χ0v) is 14.9. The molecule has 3 rings (SSSR count). The average molecular weight is 337 g/mol. The Kier molecular flexibility index (Phi) is 5.08. The molecule has 25 heavy (non-hydrogen) atoms. The van der Waals surface area contributed by atoms with Gasteiger partial charge in [0.2, 0.25) is 5.91 Å². The number of nitrogens with zero attached hydrogens (tertiary/aromatic N) is 1. The fourth-order valence-electron chi connectivity index (χ4n) is 3.34. The van der Waals surface area contributed by atoms with Crippen LogP contribution in [-0.4, -0.2) is 32.1 Å². The summed E-state index contributed by atoms with van der Waals surface area (Å²) < 4.78 is 10.6. The fraction of sp³-hybridized carbons (Fsp3) is 0.286. The van der Waals surface area contributed by atoms with Crippen molar-refractivity contribution in [1.29, 1.82) is 0 Å². The van der Waals surface area contributed by atoms with Crippen molar-refractivity contribution in [3.05, 3.63) is 65.2 Å². The van der Waals surface area contributed by atoms with Crippen molar-refractivity contribution < 1.29 is 14.3 Å². The maximum Gasteiger partial charge on any atom is 0.246 e. The third-order valence-electron chi connectivity index (χ3n) is 4.76. The van der Waals surface area contributed by atoms with Gasteiger partial charge in [0.25, 0.3) is 0 Å². The molecule has 1 aliphatic carbocycles. The number of aryl methyl sites for hydroxylation is 1. The van der Waals surface area contributed by atoms with Gasteiger partial charge in [-0.2, -0.15) is 0 Å². The van der Waals surface area contributed by atoms with Crippen molar-refractivity contribution in [3.63, 3.8) is 0 Å². The monoisotopic (exact) mass is 337 g/mol. The SMILES string of the molecule is COc1ccc(OC)c(/C=C/C(=O)N(C)C2CCc3ccccc32)c1. The summed E-state index contributed by atoms with van der Waals surface area (Å²) in [4.78, 5) is 14.4. The van der Waals surface area contributed by atoms with E-state index in [1.54, 1.807) is 26.4 Å². The molecule has 2 aromatic rings. The zero-order chi connectivity index (χ0) is 17.8. The second-order valence-corrected chi connectivity index (χ2v) is 6.14. The van der Waals surface area contributed by atoms with E-state index in [2.05, 4.69) is 18.2 Å². The van der Waals surface area contributed by atoms with Gasteiger partial charge in [0, 0.05) is 18.7 Å². The van der Waals surface area contributed by atoms with E-state index in [1.807, 2.05) is 36.2 Å². The van der Waals surface area contributed by atoms with E-state index >= 15 is 0 Å². The lowest BCUT2D eigenvalue weighted by Gasteiger charge is -2.24. The number of likely N-dealkylation sites (N-methyl/N-ethyl adjacent to an activating group) is 1.